The van der Waals surface area contributed by atoms with Gasteiger partial charge < -0.3 is 10.4 Å². The van der Waals surface area contributed by atoms with E-state index in [9.17, 15) is 4.39 Å². The molecule has 0 radical (unpaired) electrons. The maximum atomic E-state index is 12.9. The van der Waals surface area contributed by atoms with Gasteiger partial charge in [-0.15, -0.1) is 0 Å². The molecule has 3 nitrogen and oxygen atoms in total. The van der Waals surface area contributed by atoms with Gasteiger partial charge in [0.25, 0.3) is 0 Å². The van der Waals surface area contributed by atoms with Crippen molar-refractivity contribution in [2.75, 3.05) is 13.2 Å². The molecular weight excluding hydrogens is 207 g/mol. The van der Waals surface area contributed by atoms with E-state index in [0.29, 0.717) is 17.7 Å². The number of nitrogens with one attached hydrogen (secondary N) is 1. The van der Waals surface area contributed by atoms with Crippen LogP contribution in [0.4, 0.5) is 4.39 Å². The van der Waals surface area contributed by atoms with Crippen LogP contribution < -0.4 is 5.32 Å². The fourth-order valence-corrected chi connectivity index (χ4v) is 1.40. The normalized spacial score (nSPS) is 10.1. The first-order valence-electron chi connectivity index (χ1n) is 5.28. The molecular formula is C12H15FN2O. The molecule has 86 valence electrons. The smallest absolute Gasteiger partial charge is 0.123 e. The Morgan fingerprint density at radius 2 is 2.19 bits per heavy atom. The Morgan fingerprint density at radius 1 is 1.38 bits per heavy atom. The van der Waals surface area contributed by atoms with Gasteiger partial charge in [0, 0.05) is 13.2 Å². The average Bonchev–Trinajstić information content (AvgIpc) is 2.29. The summed E-state index contributed by atoms with van der Waals surface area (Å²) in [5.41, 5.74) is 1.17. The van der Waals surface area contributed by atoms with Crippen molar-refractivity contribution in [1.29, 1.82) is 5.26 Å². The molecule has 1 aromatic carbocycles. The first-order valence-corrected chi connectivity index (χ1v) is 5.28. The molecule has 0 saturated heterocycles. The van der Waals surface area contributed by atoms with Gasteiger partial charge >= 0.3 is 0 Å². The second-order valence-electron chi connectivity index (χ2n) is 3.52. The van der Waals surface area contributed by atoms with Crippen LogP contribution in [-0.2, 0) is 6.54 Å². The summed E-state index contributed by atoms with van der Waals surface area (Å²) in [6.07, 6.45) is 1.62. The van der Waals surface area contributed by atoms with Gasteiger partial charge in [-0.05, 0) is 43.1 Å². The number of hydrogen-bond donors (Lipinski definition) is 2. The van der Waals surface area contributed by atoms with E-state index in [4.69, 9.17) is 10.4 Å². The molecule has 0 aliphatic rings. The Morgan fingerprint density at radius 3 is 2.88 bits per heavy atom. The third-order valence-corrected chi connectivity index (χ3v) is 2.26. The van der Waals surface area contributed by atoms with Crippen LogP contribution >= 0.6 is 0 Å². The monoisotopic (exact) mass is 222 g/mol. The van der Waals surface area contributed by atoms with Crippen molar-refractivity contribution in [1.82, 2.24) is 5.32 Å². The van der Waals surface area contributed by atoms with Gasteiger partial charge in [0.05, 0.1) is 11.6 Å². The van der Waals surface area contributed by atoms with Crippen LogP contribution in [0.5, 0.6) is 0 Å². The predicted molar refractivity (Wildman–Crippen MR) is 59.1 cm³/mol. The quantitative estimate of drug-likeness (QED) is 0.718. The summed E-state index contributed by atoms with van der Waals surface area (Å²) < 4.78 is 12.9. The highest BCUT2D eigenvalue weighted by Gasteiger charge is 2.02. The average molecular weight is 222 g/mol. The van der Waals surface area contributed by atoms with Crippen LogP contribution in [0.3, 0.4) is 0 Å². The summed E-state index contributed by atoms with van der Waals surface area (Å²) in [5.74, 6) is -0.328. The van der Waals surface area contributed by atoms with Gasteiger partial charge in [0.2, 0.25) is 0 Å². The molecule has 1 rings (SSSR count). The van der Waals surface area contributed by atoms with Crippen molar-refractivity contribution < 1.29 is 9.50 Å². The largest absolute Gasteiger partial charge is 0.396 e. The van der Waals surface area contributed by atoms with Crippen LogP contribution in [0.1, 0.15) is 24.0 Å². The molecule has 0 aliphatic heterocycles. The summed E-state index contributed by atoms with van der Waals surface area (Å²) >= 11 is 0. The third kappa shape index (κ3) is 3.97. The van der Waals surface area contributed by atoms with Crippen LogP contribution in [0.15, 0.2) is 18.2 Å². The van der Waals surface area contributed by atoms with E-state index in [1.807, 2.05) is 6.07 Å². The maximum absolute atomic E-state index is 12.9. The third-order valence-electron chi connectivity index (χ3n) is 2.26. The Kier molecular flexibility index (Phi) is 5.48. The number of benzene rings is 1. The first kappa shape index (κ1) is 12.6. The molecule has 16 heavy (non-hydrogen) atoms. The minimum Gasteiger partial charge on any atom is -0.396 e. The Hall–Kier alpha value is -1.44. The van der Waals surface area contributed by atoms with Crippen molar-refractivity contribution in [2.45, 2.75) is 19.4 Å². The number of rotatable bonds is 6. The van der Waals surface area contributed by atoms with E-state index in [2.05, 4.69) is 5.32 Å². The van der Waals surface area contributed by atoms with Crippen molar-refractivity contribution in [2.24, 2.45) is 0 Å². The molecule has 0 fully saturated rings. The van der Waals surface area contributed by atoms with E-state index in [1.165, 1.54) is 18.2 Å². The lowest BCUT2D eigenvalue weighted by atomic mass is 10.1. The number of unbranched alkanes of at least 4 members (excludes halogenated alkanes) is 1. The lowest BCUT2D eigenvalue weighted by Crippen LogP contribution is -2.16. The van der Waals surface area contributed by atoms with Gasteiger partial charge in [0.15, 0.2) is 0 Å². The summed E-state index contributed by atoms with van der Waals surface area (Å²) in [6, 6.07) is 6.17. The molecule has 0 aromatic heterocycles. The number of nitriles is 1. The first-order chi connectivity index (χ1) is 7.77. The van der Waals surface area contributed by atoms with Crippen LogP contribution in [0.2, 0.25) is 0 Å². The molecule has 0 amide bonds. The Labute approximate surface area is 94.5 Å². The molecule has 2 N–H and O–H groups in total. The van der Waals surface area contributed by atoms with Crippen molar-refractivity contribution in [3.63, 3.8) is 0 Å². The van der Waals surface area contributed by atoms with Crippen molar-refractivity contribution in [3.8, 4) is 6.07 Å². The van der Waals surface area contributed by atoms with E-state index >= 15 is 0 Å². The summed E-state index contributed by atoms with van der Waals surface area (Å²) in [5, 5.41) is 20.5. The van der Waals surface area contributed by atoms with Gasteiger partial charge in [-0.1, -0.05) is 0 Å². The highest BCUT2D eigenvalue weighted by molar-refractivity contribution is 5.37. The molecule has 1 aromatic rings. The molecule has 4 heteroatoms. The zero-order valence-electron chi connectivity index (χ0n) is 9.04. The van der Waals surface area contributed by atoms with E-state index in [-0.39, 0.29) is 12.4 Å². The van der Waals surface area contributed by atoms with E-state index in [1.54, 1.807) is 0 Å². The Balaban J connectivity index is 2.46. The van der Waals surface area contributed by atoms with Crippen LogP contribution in [0.25, 0.3) is 0 Å². The van der Waals surface area contributed by atoms with Crippen molar-refractivity contribution in [3.05, 3.63) is 35.1 Å². The van der Waals surface area contributed by atoms with Crippen LogP contribution in [-0.4, -0.2) is 18.3 Å². The molecule has 0 atom stereocenters. The summed E-state index contributed by atoms with van der Waals surface area (Å²) in [6.45, 7) is 1.42. The molecule has 0 bridgehead atoms. The zero-order valence-corrected chi connectivity index (χ0v) is 9.04. The van der Waals surface area contributed by atoms with E-state index < -0.39 is 0 Å². The SMILES string of the molecule is N#Cc1ccc(F)cc1CNCCCCO. The lowest BCUT2D eigenvalue weighted by Gasteiger charge is -2.06. The van der Waals surface area contributed by atoms with Gasteiger partial charge in [-0.2, -0.15) is 5.26 Å². The predicted octanol–water partition coefficient (Wildman–Crippen LogP) is 1.56. The minimum absolute atomic E-state index is 0.186. The van der Waals surface area contributed by atoms with Gasteiger partial charge in [-0.25, -0.2) is 4.39 Å². The number of aliphatic hydroxyl groups is 1. The van der Waals surface area contributed by atoms with Crippen LogP contribution in [0, 0.1) is 17.1 Å². The Bertz CT molecular complexity index is 374. The highest BCUT2D eigenvalue weighted by atomic mass is 19.1. The minimum atomic E-state index is -0.328. The zero-order chi connectivity index (χ0) is 11.8. The number of nitrogens with zero attached hydrogens (tertiary/aromatic N) is 1. The fraction of sp³-hybridized carbons (Fsp3) is 0.417. The highest BCUT2D eigenvalue weighted by Crippen LogP contribution is 2.10. The molecule has 0 saturated carbocycles. The summed E-state index contributed by atoms with van der Waals surface area (Å²) in [4.78, 5) is 0. The number of hydrogen-bond acceptors (Lipinski definition) is 3. The lowest BCUT2D eigenvalue weighted by molar-refractivity contribution is 0.283. The summed E-state index contributed by atoms with van der Waals surface area (Å²) in [7, 11) is 0. The second-order valence-corrected chi connectivity index (χ2v) is 3.52. The number of aliphatic hydroxyl groups excluding tert-OH is 1. The molecule has 0 heterocycles. The second kappa shape index (κ2) is 6.94. The van der Waals surface area contributed by atoms with E-state index in [0.717, 1.165) is 19.4 Å². The fourth-order valence-electron chi connectivity index (χ4n) is 1.40. The number of halogens is 1. The maximum Gasteiger partial charge on any atom is 0.123 e. The molecule has 0 spiro atoms. The van der Waals surface area contributed by atoms with Gasteiger partial charge in [-0.3, -0.25) is 0 Å². The molecule has 0 aliphatic carbocycles. The standard InChI is InChI=1S/C12H15FN2O/c13-12-4-3-10(8-14)11(7-12)9-15-5-1-2-6-16/h3-4,7,15-16H,1-2,5-6,9H2. The van der Waals surface area contributed by atoms with Crippen molar-refractivity contribution >= 4 is 0 Å². The van der Waals surface area contributed by atoms with Gasteiger partial charge in [0.1, 0.15) is 5.82 Å². The molecule has 0 unspecified atom stereocenters. The topological polar surface area (TPSA) is 56.0 Å².